The van der Waals surface area contributed by atoms with Crippen LogP contribution < -0.4 is 11.5 Å². The number of nitrogens with one attached hydrogen (secondary N) is 1. The van der Waals surface area contributed by atoms with Gasteiger partial charge < -0.3 is 11.5 Å². The van der Waals surface area contributed by atoms with E-state index in [0.29, 0.717) is 17.3 Å². The minimum absolute atomic E-state index is 0.0906. The van der Waals surface area contributed by atoms with Crippen molar-refractivity contribution in [3.05, 3.63) is 47.4 Å². The molecule has 1 fully saturated rings. The van der Waals surface area contributed by atoms with E-state index in [1.165, 1.54) is 12.1 Å². The molecule has 0 bridgehead atoms. The summed E-state index contributed by atoms with van der Waals surface area (Å²) < 4.78 is 13.6. The lowest BCUT2D eigenvalue weighted by atomic mass is 9.98. The van der Waals surface area contributed by atoms with Crippen molar-refractivity contribution >= 4 is 18.0 Å². The van der Waals surface area contributed by atoms with E-state index >= 15 is 0 Å². The summed E-state index contributed by atoms with van der Waals surface area (Å²) in [5.41, 5.74) is 14.7. The monoisotopic (exact) mass is 297 g/mol. The third-order valence-corrected chi connectivity index (χ3v) is 3.63. The first kappa shape index (κ1) is 14.2. The highest BCUT2D eigenvalue weighted by Gasteiger charge is 2.26. The molecule has 5 nitrogen and oxygen atoms in total. The van der Waals surface area contributed by atoms with Crippen LogP contribution in [0.4, 0.5) is 10.2 Å². The van der Waals surface area contributed by atoms with Gasteiger partial charge in [-0.2, -0.15) is 0 Å². The zero-order chi connectivity index (χ0) is 15.7. The molecular formula is C16H16FN5. The predicted molar refractivity (Wildman–Crippen MR) is 85.5 cm³/mol. The van der Waals surface area contributed by atoms with E-state index < -0.39 is 5.82 Å². The highest BCUT2D eigenvalue weighted by atomic mass is 19.1. The molecule has 1 saturated carbocycles. The van der Waals surface area contributed by atoms with Crippen molar-refractivity contribution in [3.8, 4) is 11.1 Å². The van der Waals surface area contributed by atoms with Crippen LogP contribution in [0, 0.1) is 11.2 Å². The highest BCUT2D eigenvalue weighted by molar-refractivity contribution is 6.06. The minimum atomic E-state index is -0.411. The second kappa shape index (κ2) is 5.55. The number of nitrogen functional groups attached to an aromatic ring is 1. The van der Waals surface area contributed by atoms with Gasteiger partial charge in [0.05, 0.1) is 0 Å². The number of benzene rings is 1. The minimum Gasteiger partial charge on any atom is -0.384 e. The molecule has 2 aromatic rings. The van der Waals surface area contributed by atoms with Crippen molar-refractivity contribution in [1.82, 2.24) is 4.98 Å². The Balaban J connectivity index is 2.15. The van der Waals surface area contributed by atoms with Gasteiger partial charge in [-0.15, -0.1) is 0 Å². The molecule has 5 N–H and O–H groups in total. The van der Waals surface area contributed by atoms with Crippen LogP contribution in [0.3, 0.4) is 0 Å². The summed E-state index contributed by atoms with van der Waals surface area (Å²) in [7, 11) is 0. The Morgan fingerprint density at radius 1 is 1.32 bits per heavy atom. The molecule has 0 spiro atoms. The van der Waals surface area contributed by atoms with E-state index in [9.17, 15) is 4.39 Å². The lowest BCUT2D eigenvalue weighted by Gasteiger charge is -2.11. The average molecular weight is 297 g/mol. The van der Waals surface area contributed by atoms with Crippen LogP contribution in [-0.2, 0) is 0 Å². The Hall–Kier alpha value is -2.76. The van der Waals surface area contributed by atoms with E-state index in [1.54, 1.807) is 12.1 Å². The molecule has 0 atom stereocenters. The van der Waals surface area contributed by atoms with Crippen LogP contribution in [0.5, 0.6) is 0 Å². The van der Waals surface area contributed by atoms with Crippen molar-refractivity contribution < 1.29 is 4.39 Å². The molecule has 6 heteroatoms. The number of anilines is 1. The maximum Gasteiger partial charge on any atom is 0.133 e. The van der Waals surface area contributed by atoms with E-state index in [-0.39, 0.29) is 5.84 Å². The first-order valence-electron chi connectivity index (χ1n) is 6.98. The topological polar surface area (TPSA) is 101 Å². The molecule has 1 aromatic carbocycles. The normalized spacial score (nSPS) is 14.9. The Morgan fingerprint density at radius 2 is 2.09 bits per heavy atom. The van der Waals surface area contributed by atoms with Crippen LogP contribution in [0.25, 0.3) is 11.1 Å². The van der Waals surface area contributed by atoms with Crippen LogP contribution in [-0.4, -0.2) is 17.2 Å². The number of aliphatic imine (C=N–C) groups is 1. The van der Waals surface area contributed by atoms with Gasteiger partial charge in [0, 0.05) is 17.2 Å². The van der Waals surface area contributed by atoms with Gasteiger partial charge >= 0.3 is 0 Å². The number of amidine groups is 1. The van der Waals surface area contributed by atoms with Gasteiger partial charge in [0.15, 0.2) is 0 Å². The maximum absolute atomic E-state index is 13.6. The quantitative estimate of drug-likeness (QED) is 0.597. The Kier molecular flexibility index (Phi) is 3.58. The van der Waals surface area contributed by atoms with Crippen molar-refractivity contribution in [2.75, 3.05) is 5.73 Å². The van der Waals surface area contributed by atoms with E-state index in [2.05, 4.69) is 9.98 Å². The molecule has 112 valence electrons. The summed E-state index contributed by atoms with van der Waals surface area (Å²) in [5, 5.41) is 7.03. The standard InChI is InChI=1S/C16H16FN5/c17-11-3-4-12(13(7-11)16(20)21-8-18)10-5-14(9-1-2-9)22-15(19)6-10/h3-9H,1-2H2,(H2,19,22)(H3,18,20,21). The first-order chi connectivity index (χ1) is 10.6. The lowest BCUT2D eigenvalue weighted by molar-refractivity contribution is 0.627. The molecule has 22 heavy (non-hydrogen) atoms. The zero-order valence-corrected chi connectivity index (χ0v) is 11.9. The molecule has 0 aliphatic heterocycles. The number of halogens is 1. The number of aromatic nitrogens is 1. The molecule has 0 radical (unpaired) electrons. The summed E-state index contributed by atoms with van der Waals surface area (Å²) in [4.78, 5) is 8.09. The largest absolute Gasteiger partial charge is 0.384 e. The molecule has 1 aliphatic carbocycles. The van der Waals surface area contributed by atoms with Gasteiger partial charge in [0.25, 0.3) is 0 Å². The van der Waals surface area contributed by atoms with Crippen molar-refractivity contribution in [1.29, 1.82) is 5.41 Å². The van der Waals surface area contributed by atoms with Gasteiger partial charge in [-0.05, 0) is 48.2 Å². The van der Waals surface area contributed by atoms with Crippen LogP contribution in [0.15, 0.2) is 35.3 Å². The second-order valence-corrected chi connectivity index (χ2v) is 5.31. The average Bonchev–Trinajstić information content (AvgIpc) is 3.31. The SMILES string of the molecule is N=CN=C(N)c1cc(F)ccc1-c1cc(N)nc(C2CC2)c1. The predicted octanol–water partition coefficient (Wildman–Crippen LogP) is 2.66. The molecule has 0 saturated heterocycles. The third kappa shape index (κ3) is 2.81. The number of rotatable bonds is 4. The molecule has 3 rings (SSSR count). The molecule has 1 heterocycles. The van der Waals surface area contributed by atoms with Gasteiger partial charge in [-0.25, -0.2) is 14.4 Å². The third-order valence-electron chi connectivity index (χ3n) is 3.63. The fraction of sp³-hybridized carbons (Fsp3) is 0.188. The van der Waals surface area contributed by atoms with Crippen LogP contribution in [0.1, 0.15) is 30.0 Å². The number of pyridine rings is 1. The molecular weight excluding hydrogens is 281 g/mol. The number of hydrogen-bond acceptors (Lipinski definition) is 3. The van der Waals surface area contributed by atoms with Gasteiger partial charge in [0.2, 0.25) is 0 Å². The van der Waals surface area contributed by atoms with Gasteiger partial charge in [-0.1, -0.05) is 6.07 Å². The molecule has 0 unspecified atom stereocenters. The van der Waals surface area contributed by atoms with E-state index in [4.69, 9.17) is 16.9 Å². The van der Waals surface area contributed by atoms with Crippen molar-refractivity contribution in [2.45, 2.75) is 18.8 Å². The van der Waals surface area contributed by atoms with Gasteiger partial charge in [-0.3, -0.25) is 5.41 Å². The van der Waals surface area contributed by atoms with Crippen molar-refractivity contribution in [2.24, 2.45) is 10.7 Å². The van der Waals surface area contributed by atoms with E-state index in [0.717, 1.165) is 36.0 Å². The van der Waals surface area contributed by atoms with Gasteiger partial charge in [0.1, 0.15) is 23.8 Å². The Bertz CT molecular complexity index is 765. The fourth-order valence-electron chi connectivity index (χ4n) is 2.44. The summed E-state index contributed by atoms with van der Waals surface area (Å²) in [6, 6.07) is 8.01. The number of hydrogen-bond donors (Lipinski definition) is 3. The van der Waals surface area contributed by atoms with Crippen LogP contribution >= 0.6 is 0 Å². The molecule has 1 aromatic heterocycles. The van der Waals surface area contributed by atoms with Crippen LogP contribution in [0.2, 0.25) is 0 Å². The number of nitrogens with zero attached hydrogens (tertiary/aromatic N) is 2. The summed E-state index contributed by atoms with van der Waals surface area (Å²) in [6.45, 7) is 0. The molecule has 0 amide bonds. The highest BCUT2D eigenvalue weighted by Crippen LogP contribution is 2.41. The second-order valence-electron chi connectivity index (χ2n) is 5.31. The smallest absolute Gasteiger partial charge is 0.133 e. The summed E-state index contributed by atoms with van der Waals surface area (Å²) in [6.07, 6.45) is 3.06. The maximum atomic E-state index is 13.6. The summed E-state index contributed by atoms with van der Waals surface area (Å²) in [5.74, 6) is 0.565. The number of nitrogens with two attached hydrogens (primary N) is 2. The first-order valence-corrected chi connectivity index (χ1v) is 6.98. The lowest BCUT2D eigenvalue weighted by Crippen LogP contribution is -2.15. The Morgan fingerprint density at radius 3 is 2.77 bits per heavy atom. The zero-order valence-electron chi connectivity index (χ0n) is 11.9. The fourth-order valence-corrected chi connectivity index (χ4v) is 2.44. The van der Waals surface area contributed by atoms with Crippen molar-refractivity contribution in [3.63, 3.8) is 0 Å². The molecule has 1 aliphatic rings. The summed E-state index contributed by atoms with van der Waals surface area (Å²) >= 11 is 0. The van der Waals surface area contributed by atoms with E-state index in [1.807, 2.05) is 6.07 Å². The Labute approximate surface area is 127 Å².